The van der Waals surface area contributed by atoms with E-state index >= 15 is 0 Å². The van der Waals surface area contributed by atoms with Gasteiger partial charge in [0.05, 0.1) is 5.69 Å². The summed E-state index contributed by atoms with van der Waals surface area (Å²) in [5, 5.41) is 6.64. The monoisotopic (exact) mass is 307 g/mol. The Kier molecular flexibility index (Phi) is 4.24. The van der Waals surface area contributed by atoms with Gasteiger partial charge in [-0.05, 0) is 32.1 Å². The van der Waals surface area contributed by atoms with E-state index in [1.165, 1.54) is 11.3 Å². The molecule has 0 spiro atoms. The molecule has 0 radical (unpaired) electrons. The number of nitrogens with zero attached hydrogens (tertiary/aromatic N) is 1. The Hall–Kier alpha value is -1.43. The van der Waals surface area contributed by atoms with Crippen LogP contribution in [0.3, 0.4) is 0 Å². The molecule has 0 bridgehead atoms. The second-order valence-electron chi connectivity index (χ2n) is 5.89. The van der Waals surface area contributed by atoms with E-state index in [0.717, 1.165) is 49.1 Å². The van der Waals surface area contributed by atoms with Crippen molar-refractivity contribution in [2.75, 3.05) is 0 Å². The number of carbonyl (C=O) groups excluding carboxylic acids is 2. The van der Waals surface area contributed by atoms with Crippen LogP contribution in [-0.4, -0.2) is 28.9 Å². The maximum atomic E-state index is 12.0. The molecule has 5 nitrogen and oxygen atoms in total. The topological polar surface area (TPSA) is 71.1 Å². The third kappa shape index (κ3) is 3.61. The van der Waals surface area contributed by atoms with Crippen molar-refractivity contribution in [3.8, 4) is 0 Å². The first kappa shape index (κ1) is 14.5. The summed E-state index contributed by atoms with van der Waals surface area (Å²) in [6.45, 7) is 2.01. The largest absolute Gasteiger partial charge is 0.353 e. The zero-order valence-electron chi connectivity index (χ0n) is 12.3. The van der Waals surface area contributed by atoms with Crippen molar-refractivity contribution in [3.05, 3.63) is 15.6 Å². The fourth-order valence-electron chi connectivity index (χ4n) is 2.60. The number of rotatable bonds is 5. The van der Waals surface area contributed by atoms with Crippen molar-refractivity contribution in [1.29, 1.82) is 0 Å². The van der Waals surface area contributed by atoms with E-state index < -0.39 is 0 Å². The molecule has 0 aromatic carbocycles. The highest BCUT2D eigenvalue weighted by molar-refractivity contribution is 7.13. The minimum absolute atomic E-state index is 0.0385. The van der Waals surface area contributed by atoms with Crippen LogP contribution in [0.4, 0.5) is 0 Å². The van der Waals surface area contributed by atoms with Gasteiger partial charge >= 0.3 is 0 Å². The summed E-state index contributed by atoms with van der Waals surface area (Å²) < 4.78 is 0. The van der Waals surface area contributed by atoms with Gasteiger partial charge in [0.2, 0.25) is 5.91 Å². The maximum absolute atomic E-state index is 12.0. The van der Waals surface area contributed by atoms with Crippen LogP contribution in [0.25, 0.3) is 0 Å². The van der Waals surface area contributed by atoms with Crippen molar-refractivity contribution in [2.24, 2.45) is 0 Å². The molecule has 1 aromatic rings. The first-order chi connectivity index (χ1) is 10.2. The van der Waals surface area contributed by atoms with Crippen LogP contribution < -0.4 is 10.6 Å². The average Bonchev–Trinajstić information content (AvgIpc) is 3.15. The van der Waals surface area contributed by atoms with E-state index in [9.17, 15) is 9.59 Å². The summed E-state index contributed by atoms with van der Waals surface area (Å²) in [5.41, 5.74) is 1.04. The van der Waals surface area contributed by atoms with Crippen LogP contribution >= 0.6 is 11.3 Å². The minimum atomic E-state index is -0.0385. The molecule has 0 aliphatic heterocycles. The Balaban J connectivity index is 1.61. The number of fused-ring (bicyclic) bond motifs is 1. The molecule has 2 amide bonds. The Bertz CT molecular complexity index is 551. The Morgan fingerprint density at radius 1 is 1.24 bits per heavy atom. The van der Waals surface area contributed by atoms with E-state index in [0.29, 0.717) is 17.5 Å². The Morgan fingerprint density at radius 2 is 2.05 bits per heavy atom. The third-order valence-corrected chi connectivity index (χ3v) is 5.01. The minimum Gasteiger partial charge on any atom is -0.353 e. The molecule has 6 heteroatoms. The smallest absolute Gasteiger partial charge is 0.280 e. The fraction of sp³-hybridized carbons (Fsp3) is 0.667. The number of aryl methyl sites for hydroxylation is 1. The molecule has 1 atom stereocenters. The van der Waals surface area contributed by atoms with E-state index in [4.69, 9.17) is 0 Å². The molecular weight excluding hydrogens is 286 g/mol. The van der Waals surface area contributed by atoms with Crippen molar-refractivity contribution in [3.63, 3.8) is 0 Å². The van der Waals surface area contributed by atoms with Crippen molar-refractivity contribution < 1.29 is 9.59 Å². The molecule has 1 heterocycles. The molecule has 2 N–H and O–H groups in total. The number of nitrogens with one attached hydrogen (secondary N) is 2. The number of aromatic nitrogens is 1. The summed E-state index contributed by atoms with van der Waals surface area (Å²) in [4.78, 5) is 29.3. The SMILES string of the molecule is CCCC(=O)N[C@@H]1CCc2nc(C(=O)NC3CC3)sc2C1. The third-order valence-electron chi connectivity index (χ3n) is 3.89. The molecule has 0 unspecified atom stereocenters. The lowest BCUT2D eigenvalue weighted by atomic mass is 9.97. The van der Waals surface area contributed by atoms with E-state index in [2.05, 4.69) is 15.6 Å². The summed E-state index contributed by atoms with van der Waals surface area (Å²) in [7, 11) is 0. The summed E-state index contributed by atoms with van der Waals surface area (Å²) in [6, 6.07) is 0.552. The Labute approximate surface area is 128 Å². The molecule has 2 aliphatic carbocycles. The highest BCUT2D eigenvalue weighted by Crippen LogP contribution is 2.28. The lowest BCUT2D eigenvalue weighted by molar-refractivity contribution is -0.121. The van der Waals surface area contributed by atoms with Gasteiger partial charge in [-0.25, -0.2) is 4.98 Å². The normalized spacial score (nSPS) is 20.7. The summed E-state index contributed by atoms with van der Waals surface area (Å²) in [5.74, 6) is 0.0885. The highest BCUT2D eigenvalue weighted by Gasteiger charge is 2.28. The molecule has 1 saturated carbocycles. The maximum Gasteiger partial charge on any atom is 0.280 e. The number of hydrogen-bond acceptors (Lipinski definition) is 4. The quantitative estimate of drug-likeness (QED) is 0.871. The van der Waals surface area contributed by atoms with Gasteiger partial charge in [-0.3, -0.25) is 9.59 Å². The predicted octanol–water partition coefficient (Wildman–Crippen LogP) is 1.81. The van der Waals surface area contributed by atoms with Gasteiger partial charge in [0, 0.05) is 29.8 Å². The van der Waals surface area contributed by atoms with E-state index in [1.54, 1.807) is 0 Å². The van der Waals surface area contributed by atoms with Crippen LogP contribution in [-0.2, 0) is 17.6 Å². The van der Waals surface area contributed by atoms with E-state index in [1.807, 2.05) is 6.92 Å². The van der Waals surface area contributed by atoms with Crippen LogP contribution in [0.15, 0.2) is 0 Å². The standard InChI is InChI=1S/C15H21N3O2S/c1-2-3-13(19)16-10-6-7-11-12(8-10)21-15(18-11)14(20)17-9-4-5-9/h9-10H,2-8H2,1H3,(H,16,19)(H,17,20)/t10-/m1/s1. The molecule has 0 saturated heterocycles. The predicted molar refractivity (Wildman–Crippen MR) is 81.5 cm³/mol. The van der Waals surface area contributed by atoms with Gasteiger partial charge in [0.1, 0.15) is 0 Å². The Morgan fingerprint density at radius 3 is 2.76 bits per heavy atom. The van der Waals surface area contributed by atoms with Crippen molar-refractivity contribution in [1.82, 2.24) is 15.6 Å². The number of carbonyl (C=O) groups is 2. The van der Waals surface area contributed by atoms with Crippen LogP contribution in [0.5, 0.6) is 0 Å². The second-order valence-corrected chi connectivity index (χ2v) is 6.98. The second kappa shape index (κ2) is 6.13. The van der Waals surface area contributed by atoms with Crippen LogP contribution in [0.1, 0.15) is 59.4 Å². The van der Waals surface area contributed by atoms with Gasteiger partial charge in [-0.2, -0.15) is 0 Å². The van der Waals surface area contributed by atoms with Crippen LogP contribution in [0.2, 0.25) is 0 Å². The first-order valence-electron chi connectivity index (χ1n) is 7.74. The molecule has 1 fully saturated rings. The lowest BCUT2D eigenvalue weighted by Gasteiger charge is -2.22. The molecule has 2 aliphatic rings. The molecule has 1 aromatic heterocycles. The fourth-order valence-corrected chi connectivity index (χ4v) is 3.69. The molecule has 3 rings (SSSR count). The zero-order valence-corrected chi connectivity index (χ0v) is 13.1. The van der Waals surface area contributed by atoms with Gasteiger partial charge in [-0.1, -0.05) is 6.92 Å². The zero-order chi connectivity index (χ0) is 14.8. The number of thiazole rings is 1. The van der Waals surface area contributed by atoms with Crippen molar-refractivity contribution in [2.45, 2.75) is 64.0 Å². The molecular formula is C15H21N3O2S. The molecule has 21 heavy (non-hydrogen) atoms. The summed E-state index contributed by atoms with van der Waals surface area (Å²) in [6.07, 6.45) is 6.19. The van der Waals surface area contributed by atoms with Gasteiger partial charge in [-0.15, -0.1) is 11.3 Å². The number of amides is 2. The van der Waals surface area contributed by atoms with Crippen molar-refractivity contribution >= 4 is 23.2 Å². The molecule has 114 valence electrons. The van der Waals surface area contributed by atoms with Crippen LogP contribution in [0, 0.1) is 0 Å². The summed E-state index contributed by atoms with van der Waals surface area (Å²) >= 11 is 1.48. The first-order valence-corrected chi connectivity index (χ1v) is 8.56. The van der Waals surface area contributed by atoms with Gasteiger partial charge in [0.15, 0.2) is 5.01 Å². The van der Waals surface area contributed by atoms with Gasteiger partial charge < -0.3 is 10.6 Å². The van der Waals surface area contributed by atoms with E-state index in [-0.39, 0.29) is 17.9 Å². The lowest BCUT2D eigenvalue weighted by Crippen LogP contribution is -2.38. The average molecular weight is 307 g/mol. The highest BCUT2D eigenvalue weighted by atomic mass is 32.1. The number of hydrogen-bond donors (Lipinski definition) is 2. The van der Waals surface area contributed by atoms with Gasteiger partial charge in [0.25, 0.3) is 5.91 Å².